The molecule has 0 aliphatic carbocycles. The van der Waals surface area contributed by atoms with Gasteiger partial charge in [0.1, 0.15) is 0 Å². The van der Waals surface area contributed by atoms with E-state index in [9.17, 15) is 22.8 Å². The van der Waals surface area contributed by atoms with Crippen LogP contribution in [0.25, 0.3) is 10.9 Å². The van der Waals surface area contributed by atoms with Crippen molar-refractivity contribution in [1.29, 1.82) is 0 Å². The van der Waals surface area contributed by atoms with Crippen LogP contribution in [0, 0.1) is 5.92 Å². The van der Waals surface area contributed by atoms with Crippen LogP contribution in [-0.4, -0.2) is 22.6 Å². The number of nitrogens with zero attached hydrogens (tertiary/aromatic N) is 1. The summed E-state index contributed by atoms with van der Waals surface area (Å²) >= 11 is 0. The summed E-state index contributed by atoms with van der Waals surface area (Å²) in [6, 6.07) is 3.30. The molecule has 112 valence electrons. The van der Waals surface area contributed by atoms with Crippen molar-refractivity contribution in [1.82, 2.24) is 14.9 Å². The van der Waals surface area contributed by atoms with Crippen LogP contribution in [0.15, 0.2) is 27.8 Å². The molecule has 0 amide bonds. The van der Waals surface area contributed by atoms with Crippen molar-refractivity contribution < 1.29 is 13.2 Å². The van der Waals surface area contributed by atoms with Gasteiger partial charge >= 0.3 is 11.9 Å². The third-order valence-electron chi connectivity index (χ3n) is 3.63. The number of hydrogen-bond acceptors (Lipinski definition) is 3. The molecule has 1 aromatic carbocycles. The normalized spacial score (nSPS) is 16.1. The highest BCUT2D eigenvalue weighted by molar-refractivity contribution is 5.81. The van der Waals surface area contributed by atoms with Gasteiger partial charge in [-0.25, -0.2) is 4.79 Å². The third-order valence-corrected chi connectivity index (χ3v) is 3.63. The summed E-state index contributed by atoms with van der Waals surface area (Å²) in [7, 11) is 0. The predicted octanol–water partition coefficient (Wildman–Crippen LogP) is 0.928. The molecule has 2 heterocycles. The Bertz CT molecular complexity index is 803. The molecule has 1 aliphatic rings. The van der Waals surface area contributed by atoms with E-state index < -0.39 is 28.5 Å². The van der Waals surface area contributed by atoms with Crippen LogP contribution in [0.3, 0.4) is 0 Å². The van der Waals surface area contributed by atoms with Gasteiger partial charge in [-0.2, -0.15) is 13.2 Å². The van der Waals surface area contributed by atoms with Crippen LogP contribution >= 0.6 is 0 Å². The minimum absolute atomic E-state index is 0.128. The van der Waals surface area contributed by atoms with E-state index in [0.717, 1.165) is 10.6 Å². The van der Waals surface area contributed by atoms with Crippen molar-refractivity contribution in [2.75, 3.05) is 13.1 Å². The van der Waals surface area contributed by atoms with Gasteiger partial charge in [0, 0.05) is 25.6 Å². The molecule has 1 saturated heterocycles. The molecule has 21 heavy (non-hydrogen) atoms. The highest BCUT2D eigenvalue weighted by Gasteiger charge is 2.33. The Hall–Kier alpha value is -2.09. The first-order chi connectivity index (χ1) is 9.88. The number of para-hydroxylation sites is 1. The summed E-state index contributed by atoms with van der Waals surface area (Å²) in [5.41, 5.74) is -2.96. The maximum absolute atomic E-state index is 12.9. The lowest BCUT2D eigenvalue weighted by atomic mass is 10.0. The summed E-state index contributed by atoms with van der Waals surface area (Å²) in [5, 5.41) is 2.88. The summed E-state index contributed by atoms with van der Waals surface area (Å²) in [5.74, 6) is 0.145. The molecular formula is C13H12F3N3O2. The first kappa shape index (κ1) is 13.9. The van der Waals surface area contributed by atoms with E-state index in [4.69, 9.17) is 0 Å². The average molecular weight is 299 g/mol. The molecule has 0 bridgehead atoms. The van der Waals surface area contributed by atoms with E-state index >= 15 is 0 Å². The van der Waals surface area contributed by atoms with Crippen molar-refractivity contribution in [3.05, 3.63) is 44.6 Å². The first-order valence-corrected chi connectivity index (χ1v) is 6.41. The maximum Gasteiger partial charge on any atom is 0.418 e. The number of benzene rings is 1. The van der Waals surface area contributed by atoms with Gasteiger partial charge in [-0.1, -0.05) is 6.07 Å². The van der Waals surface area contributed by atoms with E-state index in [1.165, 1.54) is 12.1 Å². The topological polar surface area (TPSA) is 66.9 Å². The first-order valence-electron chi connectivity index (χ1n) is 6.41. The fourth-order valence-corrected chi connectivity index (χ4v) is 2.42. The van der Waals surface area contributed by atoms with Gasteiger partial charge in [0.2, 0.25) is 0 Å². The minimum Gasteiger partial charge on any atom is -0.316 e. The molecule has 2 N–H and O–H groups in total. The number of rotatable bonds is 2. The molecule has 8 heteroatoms. The standard InChI is InChI=1S/C13H12F3N3O2/c14-13(15,16)9-3-1-2-8-10(9)18-12(21)19(11(8)20)6-7-4-17-5-7/h1-3,7,17H,4-6H2,(H,18,21). The molecule has 1 aromatic heterocycles. The zero-order valence-electron chi connectivity index (χ0n) is 10.8. The number of H-pyrrole nitrogens is 1. The zero-order valence-corrected chi connectivity index (χ0v) is 10.8. The Morgan fingerprint density at radius 3 is 2.52 bits per heavy atom. The molecular weight excluding hydrogens is 287 g/mol. The summed E-state index contributed by atoms with van der Waals surface area (Å²) in [4.78, 5) is 26.4. The fraction of sp³-hybridized carbons (Fsp3) is 0.385. The maximum atomic E-state index is 12.9. The van der Waals surface area contributed by atoms with Crippen LogP contribution in [0.2, 0.25) is 0 Å². The largest absolute Gasteiger partial charge is 0.418 e. The average Bonchev–Trinajstić information content (AvgIpc) is 2.34. The minimum atomic E-state index is -4.63. The summed E-state index contributed by atoms with van der Waals surface area (Å²) < 4.78 is 39.7. The number of halogens is 3. The number of aromatic amines is 1. The second-order valence-electron chi connectivity index (χ2n) is 5.10. The van der Waals surface area contributed by atoms with Gasteiger partial charge in [0.15, 0.2) is 0 Å². The fourth-order valence-electron chi connectivity index (χ4n) is 2.42. The van der Waals surface area contributed by atoms with Gasteiger partial charge < -0.3 is 10.3 Å². The van der Waals surface area contributed by atoms with Gasteiger partial charge in [-0.15, -0.1) is 0 Å². The second-order valence-corrected chi connectivity index (χ2v) is 5.10. The van der Waals surface area contributed by atoms with Crippen LogP contribution in [0.1, 0.15) is 5.56 Å². The van der Waals surface area contributed by atoms with E-state index in [0.29, 0.717) is 13.1 Å². The molecule has 1 fully saturated rings. The number of hydrogen-bond donors (Lipinski definition) is 2. The molecule has 0 atom stereocenters. The number of aromatic nitrogens is 2. The quantitative estimate of drug-likeness (QED) is 0.867. The Balaban J connectivity index is 2.22. The lowest BCUT2D eigenvalue weighted by Crippen LogP contribution is -2.48. The molecule has 2 aromatic rings. The SMILES string of the molecule is O=c1[nH]c2c(C(F)(F)F)cccc2c(=O)n1CC1CNC1. The highest BCUT2D eigenvalue weighted by atomic mass is 19.4. The Morgan fingerprint density at radius 2 is 1.95 bits per heavy atom. The van der Waals surface area contributed by atoms with Crippen LogP contribution in [-0.2, 0) is 12.7 Å². The molecule has 5 nitrogen and oxygen atoms in total. The lowest BCUT2D eigenvalue weighted by molar-refractivity contribution is -0.136. The van der Waals surface area contributed by atoms with Crippen LogP contribution in [0.4, 0.5) is 13.2 Å². The molecule has 0 unspecified atom stereocenters. The Kier molecular flexibility index (Phi) is 3.12. The Morgan fingerprint density at radius 1 is 1.24 bits per heavy atom. The van der Waals surface area contributed by atoms with E-state index in [-0.39, 0.29) is 17.8 Å². The lowest BCUT2D eigenvalue weighted by Gasteiger charge is -2.27. The highest BCUT2D eigenvalue weighted by Crippen LogP contribution is 2.32. The van der Waals surface area contributed by atoms with Crippen molar-refractivity contribution in [3.8, 4) is 0 Å². The van der Waals surface area contributed by atoms with Gasteiger partial charge in [-0.05, 0) is 12.1 Å². The predicted molar refractivity (Wildman–Crippen MR) is 70.2 cm³/mol. The van der Waals surface area contributed by atoms with Crippen molar-refractivity contribution in [3.63, 3.8) is 0 Å². The van der Waals surface area contributed by atoms with Crippen molar-refractivity contribution in [2.24, 2.45) is 5.92 Å². The van der Waals surface area contributed by atoms with E-state index in [1.807, 2.05) is 0 Å². The molecule has 0 radical (unpaired) electrons. The van der Waals surface area contributed by atoms with Gasteiger partial charge in [0.25, 0.3) is 5.56 Å². The molecule has 0 spiro atoms. The zero-order chi connectivity index (χ0) is 15.2. The number of fused-ring (bicyclic) bond motifs is 1. The Labute approximate surface area is 116 Å². The van der Waals surface area contributed by atoms with E-state index in [1.54, 1.807) is 0 Å². The third kappa shape index (κ3) is 2.35. The van der Waals surface area contributed by atoms with Crippen molar-refractivity contribution >= 4 is 10.9 Å². The van der Waals surface area contributed by atoms with Crippen LogP contribution in [0.5, 0.6) is 0 Å². The monoisotopic (exact) mass is 299 g/mol. The number of alkyl halides is 3. The van der Waals surface area contributed by atoms with Gasteiger partial charge in [-0.3, -0.25) is 9.36 Å². The number of nitrogens with one attached hydrogen (secondary N) is 2. The summed E-state index contributed by atoms with van der Waals surface area (Å²) in [6.45, 7) is 1.58. The molecule has 3 rings (SSSR count). The second kappa shape index (κ2) is 4.73. The summed E-state index contributed by atoms with van der Waals surface area (Å²) in [6.07, 6.45) is -4.63. The van der Waals surface area contributed by atoms with Gasteiger partial charge in [0.05, 0.1) is 16.5 Å². The molecule has 1 aliphatic heterocycles. The molecule has 0 saturated carbocycles. The van der Waals surface area contributed by atoms with Crippen LogP contribution < -0.4 is 16.6 Å². The van der Waals surface area contributed by atoms with E-state index in [2.05, 4.69) is 10.3 Å². The smallest absolute Gasteiger partial charge is 0.316 e. The van der Waals surface area contributed by atoms with Crippen molar-refractivity contribution in [2.45, 2.75) is 12.7 Å².